The Balaban J connectivity index is 2.17. The third-order valence-corrected chi connectivity index (χ3v) is 3.83. The zero-order chi connectivity index (χ0) is 14.1. The van der Waals surface area contributed by atoms with Crippen LogP contribution >= 0.6 is 11.6 Å². The lowest BCUT2D eigenvalue weighted by Gasteiger charge is -2.19. The standard InChI is InChI=1S/C16H27ClN2/c1-4-19(5-2)12-6-7-14(3)18-13-15-8-10-16(17)11-9-15/h8-11,14,18H,4-7,12-13H2,1-3H3. The van der Waals surface area contributed by atoms with Crippen LogP contribution in [0.15, 0.2) is 24.3 Å². The monoisotopic (exact) mass is 282 g/mol. The van der Waals surface area contributed by atoms with Crippen LogP contribution in [0.3, 0.4) is 0 Å². The zero-order valence-corrected chi connectivity index (χ0v) is 13.2. The van der Waals surface area contributed by atoms with Crippen LogP contribution in [0.1, 0.15) is 39.2 Å². The van der Waals surface area contributed by atoms with Gasteiger partial charge < -0.3 is 10.2 Å². The molecule has 3 heteroatoms. The highest BCUT2D eigenvalue weighted by atomic mass is 35.5. The van der Waals surface area contributed by atoms with Gasteiger partial charge in [-0.1, -0.05) is 37.6 Å². The molecule has 0 aliphatic heterocycles. The van der Waals surface area contributed by atoms with E-state index in [0.29, 0.717) is 6.04 Å². The van der Waals surface area contributed by atoms with Crippen molar-refractivity contribution >= 4 is 11.6 Å². The van der Waals surface area contributed by atoms with Crippen LogP contribution in [0.25, 0.3) is 0 Å². The van der Waals surface area contributed by atoms with Gasteiger partial charge in [0.2, 0.25) is 0 Å². The molecule has 1 aromatic carbocycles. The minimum Gasteiger partial charge on any atom is -0.310 e. The second kappa shape index (κ2) is 9.35. The van der Waals surface area contributed by atoms with E-state index < -0.39 is 0 Å². The first-order chi connectivity index (χ1) is 9.15. The highest BCUT2D eigenvalue weighted by molar-refractivity contribution is 6.30. The maximum atomic E-state index is 5.87. The summed E-state index contributed by atoms with van der Waals surface area (Å²) in [6.45, 7) is 11.2. The van der Waals surface area contributed by atoms with Gasteiger partial charge in [-0.05, 0) is 57.1 Å². The van der Waals surface area contributed by atoms with Crippen LogP contribution in [-0.4, -0.2) is 30.6 Å². The smallest absolute Gasteiger partial charge is 0.0406 e. The van der Waals surface area contributed by atoms with Crippen molar-refractivity contribution in [3.8, 4) is 0 Å². The molecule has 0 bridgehead atoms. The van der Waals surface area contributed by atoms with E-state index in [1.165, 1.54) is 24.9 Å². The molecular weight excluding hydrogens is 256 g/mol. The third-order valence-electron chi connectivity index (χ3n) is 3.57. The van der Waals surface area contributed by atoms with Gasteiger partial charge in [-0.2, -0.15) is 0 Å². The average Bonchev–Trinajstić information content (AvgIpc) is 2.43. The van der Waals surface area contributed by atoms with E-state index in [1.807, 2.05) is 12.1 Å². The van der Waals surface area contributed by atoms with E-state index in [-0.39, 0.29) is 0 Å². The normalized spacial score (nSPS) is 12.9. The van der Waals surface area contributed by atoms with Gasteiger partial charge in [-0.15, -0.1) is 0 Å². The van der Waals surface area contributed by atoms with Crippen molar-refractivity contribution < 1.29 is 0 Å². The summed E-state index contributed by atoms with van der Waals surface area (Å²) in [6, 6.07) is 8.62. The topological polar surface area (TPSA) is 15.3 Å². The summed E-state index contributed by atoms with van der Waals surface area (Å²) in [5, 5.41) is 4.37. The lowest BCUT2D eigenvalue weighted by molar-refractivity contribution is 0.290. The summed E-state index contributed by atoms with van der Waals surface area (Å²) in [6.07, 6.45) is 2.49. The Kier molecular flexibility index (Phi) is 8.11. The summed E-state index contributed by atoms with van der Waals surface area (Å²) in [4.78, 5) is 2.48. The van der Waals surface area contributed by atoms with E-state index >= 15 is 0 Å². The van der Waals surface area contributed by atoms with Crippen molar-refractivity contribution in [3.05, 3.63) is 34.9 Å². The van der Waals surface area contributed by atoms with Crippen LogP contribution in [0, 0.1) is 0 Å². The first-order valence-electron chi connectivity index (χ1n) is 7.35. The van der Waals surface area contributed by atoms with Crippen LogP contribution in [0.5, 0.6) is 0 Å². The molecule has 1 rings (SSSR count). The molecule has 0 amide bonds. The summed E-state index contributed by atoms with van der Waals surface area (Å²) in [5.41, 5.74) is 1.29. The Bertz CT molecular complexity index is 333. The van der Waals surface area contributed by atoms with Crippen molar-refractivity contribution in [2.75, 3.05) is 19.6 Å². The number of nitrogens with one attached hydrogen (secondary N) is 1. The van der Waals surface area contributed by atoms with Crippen molar-refractivity contribution in [1.82, 2.24) is 10.2 Å². The molecule has 1 unspecified atom stereocenters. The van der Waals surface area contributed by atoms with E-state index in [0.717, 1.165) is 24.7 Å². The predicted octanol–water partition coefficient (Wildman–Crippen LogP) is 3.94. The molecule has 0 aliphatic rings. The molecule has 1 aromatic rings. The molecule has 0 aromatic heterocycles. The Labute approximate surface area is 123 Å². The van der Waals surface area contributed by atoms with Gasteiger partial charge in [-0.3, -0.25) is 0 Å². The van der Waals surface area contributed by atoms with E-state index in [2.05, 4.69) is 43.1 Å². The molecule has 0 fully saturated rings. The van der Waals surface area contributed by atoms with Crippen molar-refractivity contribution in [2.45, 2.75) is 46.2 Å². The van der Waals surface area contributed by atoms with E-state index in [1.54, 1.807) is 0 Å². The Hall–Kier alpha value is -0.570. The molecule has 0 radical (unpaired) electrons. The maximum absolute atomic E-state index is 5.87. The van der Waals surface area contributed by atoms with E-state index in [4.69, 9.17) is 11.6 Å². The summed E-state index contributed by atoms with van der Waals surface area (Å²) in [5.74, 6) is 0. The number of hydrogen-bond donors (Lipinski definition) is 1. The Morgan fingerprint density at radius 2 is 1.79 bits per heavy atom. The van der Waals surface area contributed by atoms with Crippen molar-refractivity contribution in [2.24, 2.45) is 0 Å². The number of nitrogens with zero attached hydrogens (tertiary/aromatic N) is 1. The molecule has 2 nitrogen and oxygen atoms in total. The second-order valence-electron chi connectivity index (χ2n) is 5.08. The maximum Gasteiger partial charge on any atom is 0.0406 e. The van der Waals surface area contributed by atoms with Gasteiger partial charge >= 0.3 is 0 Å². The molecule has 0 spiro atoms. The molecule has 0 saturated heterocycles. The van der Waals surface area contributed by atoms with Gasteiger partial charge in [0.1, 0.15) is 0 Å². The van der Waals surface area contributed by atoms with Crippen LogP contribution in [-0.2, 0) is 6.54 Å². The fourth-order valence-corrected chi connectivity index (χ4v) is 2.28. The average molecular weight is 283 g/mol. The Morgan fingerprint density at radius 3 is 2.37 bits per heavy atom. The number of hydrogen-bond acceptors (Lipinski definition) is 2. The largest absolute Gasteiger partial charge is 0.310 e. The predicted molar refractivity (Wildman–Crippen MR) is 84.8 cm³/mol. The molecular formula is C16H27ClN2. The van der Waals surface area contributed by atoms with Gasteiger partial charge in [0, 0.05) is 17.6 Å². The molecule has 1 atom stereocenters. The summed E-state index contributed by atoms with van der Waals surface area (Å²) in [7, 11) is 0. The summed E-state index contributed by atoms with van der Waals surface area (Å²) < 4.78 is 0. The number of halogens is 1. The zero-order valence-electron chi connectivity index (χ0n) is 12.5. The Morgan fingerprint density at radius 1 is 1.16 bits per heavy atom. The second-order valence-corrected chi connectivity index (χ2v) is 5.51. The van der Waals surface area contributed by atoms with Gasteiger partial charge in [0.15, 0.2) is 0 Å². The summed E-state index contributed by atoms with van der Waals surface area (Å²) >= 11 is 5.87. The number of benzene rings is 1. The third kappa shape index (κ3) is 6.95. The lowest BCUT2D eigenvalue weighted by Crippen LogP contribution is -2.28. The molecule has 1 N–H and O–H groups in total. The first kappa shape index (κ1) is 16.5. The van der Waals surface area contributed by atoms with Crippen molar-refractivity contribution in [3.63, 3.8) is 0 Å². The highest BCUT2D eigenvalue weighted by Gasteiger charge is 2.04. The first-order valence-corrected chi connectivity index (χ1v) is 7.73. The van der Waals surface area contributed by atoms with Gasteiger partial charge in [0.05, 0.1) is 0 Å². The van der Waals surface area contributed by atoms with Crippen molar-refractivity contribution in [1.29, 1.82) is 0 Å². The van der Waals surface area contributed by atoms with Crippen LogP contribution in [0.2, 0.25) is 5.02 Å². The molecule has 108 valence electrons. The molecule has 19 heavy (non-hydrogen) atoms. The fourth-order valence-electron chi connectivity index (χ4n) is 2.16. The van der Waals surface area contributed by atoms with Crippen LogP contribution < -0.4 is 5.32 Å². The van der Waals surface area contributed by atoms with Gasteiger partial charge in [0.25, 0.3) is 0 Å². The SMILES string of the molecule is CCN(CC)CCCC(C)NCc1ccc(Cl)cc1. The molecule has 0 aliphatic carbocycles. The minimum absolute atomic E-state index is 0.561. The van der Waals surface area contributed by atoms with E-state index in [9.17, 15) is 0 Å². The fraction of sp³-hybridized carbons (Fsp3) is 0.625. The molecule has 0 saturated carbocycles. The lowest BCUT2D eigenvalue weighted by atomic mass is 10.1. The minimum atomic E-state index is 0.561. The highest BCUT2D eigenvalue weighted by Crippen LogP contribution is 2.09. The molecule has 0 heterocycles. The quantitative estimate of drug-likeness (QED) is 0.738. The van der Waals surface area contributed by atoms with Gasteiger partial charge in [-0.25, -0.2) is 0 Å². The van der Waals surface area contributed by atoms with Crippen LogP contribution in [0.4, 0.5) is 0 Å². The number of rotatable bonds is 9.